The number of carbonyl (C=O) groups is 2. The van der Waals surface area contributed by atoms with Crippen molar-refractivity contribution in [2.45, 2.75) is 25.7 Å². The second-order valence-electron chi connectivity index (χ2n) is 6.56. The van der Waals surface area contributed by atoms with Crippen LogP contribution in [0.3, 0.4) is 0 Å². The van der Waals surface area contributed by atoms with E-state index in [1.54, 1.807) is 12.1 Å². The Balaban J connectivity index is 1.76. The zero-order valence-corrected chi connectivity index (χ0v) is 12.0. The maximum absolute atomic E-state index is 12.0. The third-order valence-electron chi connectivity index (χ3n) is 5.20. The standard InChI is InChI=1S/C18H19NO2/c20-17-9-16(14-3-1-2-4-15(14)18(17)21)19-10-12-5-6-13(11-19)8-7-12/h1-4,9,12-13H,5-8,10-11H2. The Kier molecular flexibility index (Phi) is 2.95. The Morgan fingerprint density at radius 2 is 1.43 bits per heavy atom. The largest absolute Gasteiger partial charge is 0.370 e. The Morgan fingerprint density at radius 3 is 2.05 bits per heavy atom. The monoisotopic (exact) mass is 281 g/mol. The molecule has 21 heavy (non-hydrogen) atoms. The van der Waals surface area contributed by atoms with Gasteiger partial charge in [-0.3, -0.25) is 9.59 Å². The molecule has 1 aromatic carbocycles. The van der Waals surface area contributed by atoms with E-state index in [0.717, 1.165) is 36.2 Å². The fourth-order valence-corrected chi connectivity index (χ4v) is 4.06. The Labute approximate surface area is 124 Å². The molecule has 2 aliphatic carbocycles. The van der Waals surface area contributed by atoms with Gasteiger partial charge in [0.25, 0.3) is 0 Å². The van der Waals surface area contributed by atoms with E-state index in [9.17, 15) is 9.59 Å². The summed E-state index contributed by atoms with van der Waals surface area (Å²) in [4.78, 5) is 26.4. The van der Waals surface area contributed by atoms with Crippen LogP contribution in [0.2, 0.25) is 0 Å². The van der Waals surface area contributed by atoms with E-state index in [0.29, 0.717) is 5.56 Å². The van der Waals surface area contributed by atoms with Gasteiger partial charge in [-0.2, -0.15) is 0 Å². The number of ketones is 2. The smallest absolute Gasteiger partial charge is 0.233 e. The molecule has 4 aliphatic rings. The third-order valence-corrected chi connectivity index (χ3v) is 5.20. The molecule has 0 aromatic heterocycles. The molecular weight excluding hydrogens is 262 g/mol. The van der Waals surface area contributed by atoms with Crippen LogP contribution in [0, 0.1) is 11.8 Å². The summed E-state index contributed by atoms with van der Waals surface area (Å²) in [5.41, 5.74) is 2.47. The van der Waals surface area contributed by atoms with Crippen LogP contribution >= 0.6 is 0 Å². The van der Waals surface area contributed by atoms with Gasteiger partial charge in [0.15, 0.2) is 0 Å². The van der Waals surface area contributed by atoms with E-state index in [4.69, 9.17) is 0 Å². The average Bonchev–Trinajstić information content (AvgIpc) is 2.84. The Morgan fingerprint density at radius 1 is 0.857 bits per heavy atom. The Bertz CT molecular complexity index is 624. The van der Waals surface area contributed by atoms with Gasteiger partial charge in [-0.05, 0) is 37.5 Å². The van der Waals surface area contributed by atoms with Crippen molar-refractivity contribution in [3.63, 3.8) is 0 Å². The predicted molar refractivity (Wildman–Crippen MR) is 80.8 cm³/mol. The number of hydrogen-bond donors (Lipinski definition) is 0. The minimum Gasteiger partial charge on any atom is -0.370 e. The van der Waals surface area contributed by atoms with Crippen LogP contribution in [0.4, 0.5) is 0 Å². The van der Waals surface area contributed by atoms with Crippen molar-refractivity contribution in [1.29, 1.82) is 0 Å². The summed E-state index contributed by atoms with van der Waals surface area (Å²) in [6, 6.07) is 7.52. The lowest BCUT2D eigenvalue weighted by Crippen LogP contribution is -2.31. The fourth-order valence-electron chi connectivity index (χ4n) is 4.06. The summed E-state index contributed by atoms with van der Waals surface area (Å²) in [5.74, 6) is 0.738. The molecule has 0 N–H and O–H groups in total. The second-order valence-corrected chi connectivity index (χ2v) is 6.56. The molecule has 3 nitrogen and oxygen atoms in total. The Hall–Kier alpha value is -1.90. The quantitative estimate of drug-likeness (QED) is 0.743. The maximum atomic E-state index is 12.0. The first-order chi connectivity index (χ1) is 10.2. The summed E-state index contributed by atoms with van der Waals surface area (Å²) in [6.45, 7) is 2.05. The van der Waals surface area contributed by atoms with Crippen molar-refractivity contribution in [2.24, 2.45) is 11.8 Å². The van der Waals surface area contributed by atoms with Gasteiger partial charge in [0.05, 0.1) is 0 Å². The van der Waals surface area contributed by atoms with Crippen molar-refractivity contribution in [1.82, 2.24) is 4.90 Å². The number of carbonyl (C=O) groups excluding carboxylic acids is 2. The summed E-state index contributed by atoms with van der Waals surface area (Å²) >= 11 is 0. The van der Waals surface area contributed by atoms with E-state index in [2.05, 4.69) is 4.90 Å². The van der Waals surface area contributed by atoms with E-state index in [1.807, 2.05) is 18.2 Å². The molecule has 0 spiro atoms. The molecule has 108 valence electrons. The average molecular weight is 281 g/mol. The van der Waals surface area contributed by atoms with Gasteiger partial charge >= 0.3 is 0 Å². The minimum atomic E-state index is -0.375. The highest BCUT2D eigenvalue weighted by Crippen LogP contribution is 2.38. The predicted octanol–water partition coefficient (Wildman–Crippen LogP) is 2.91. The molecular formula is C18H19NO2. The van der Waals surface area contributed by atoms with Gasteiger partial charge in [-0.25, -0.2) is 0 Å². The van der Waals surface area contributed by atoms with Crippen LogP contribution in [-0.4, -0.2) is 29.6 Å². The second kappa shape index (κ2) is 4.83. The molecule has 3 fully saturated rings. The van der Waals surface area contributed by atoms with Gasteiger partial charge in [0, 0.05) is 36.0 Å². The highest BCUT2D eigenvalue weighted by molar-refractivity contribution is 6.50. The van der Waals surface area contributed by atoms with Crippen molar-refractivity contribution in [3.05, 3.63) is 41.5 Å². The first-order valence-corrected chi connectivity index (χ1v) is 7.87. The number of rotatable bonds is 1. The molecule has 3 heteroatoms. The maximum Gasteiger partial charge on any atom is 0.233 e. The normalized spacial score (nSPS) is 28.2. The van der Waals surface area contributed by atoms with Gasteiger partial charge in [-0.15, -0.1) is 0 Å². The lowest BCUT2D eigenvalue weighted by Gasteiger charge is -2.30. The molecule has 2 heterocycles. The molecule has 0 radical (unpaired) electrons. The fraction of sp³-hybridized carbons (Fsp3) is 0.444. The summed E-state index contributed by atoms with van der Waals surface area (Å²) in [6.07, 6.45) is 6.80. The molecule has 2 bridgehead atoms. The van der Waals surface area contributed by atoms with Gasteiger partial charge in [0.2, 0.25) is 11.6 Å². The van der Waals surface area contributed by atoms with Crippen LogP contribution in [0.1, 0.15) is 41.6 Å². The SMILES string of the molecule is O=C1C=C(N2CC3CCC(CC3)C2)c2ccccc2C1=O. The van der Waals surface area contributed by atoms with Gasteiger partial charge < -0.3 is 4.90 Å². The van der Waals surface area contributed by atoms with Crippen LogP contribution in [0.25, 0.3) is 5.70 Å². The molecule has 2 aliphatic heterocycles. The topological polar surface area (TPSA) is 37.4 Å². The molecule has 1 aromatic rings. The molecule has 0 amide bonds. The number of Topliss-reactive ketones (excluding diaryl/α,β-unsaturated/α-hetero) is 1. The van der Waals surface area contributed by atoms with Crippen molar-refractivity contribution in [3.8, 4) is 0 Å². The van der Waals surface area contributed by atoms with Crippen LogP contribution in [-0.2, 0) is 4.79 Å². The minimum absolute atomic E-state index is 0.368. The highest BCUT2D eigenvalue weighted by Gasteiger charge is 2.34. The molecule has 0 unspecified atom stereocenters. The summed E-state index contributed by atoms with van der Waals surface area (Å²) in [7, 11) is 0. The molecule has 1 saturated carbocycles. The number of benzene rings is 1. The lowest BCUT2D eigenvalue weighted by atomic mass is 9.84. The van der Waals surface area contributed by atoms with E-state index in [-0.39, 0.29) is 11.6 Å². The van der Waals surface area contributed by atoms with Crippen molar-refractivity contribution >= 4 is 17.3 Å². The first kappa shape index (κ1) is 12.8. The van der Waals surface area contributed by atoms with Crippen LogP contribution in [0.15, 0.2) is 30.3 Å². The van der Waals surface area contributed by atoms with Crippen molar-refractivity contribution < 1.29 is 9.59 Å². The van der Waals surface area contributed by atoms with E-state index in [1.165, 1.54) is 25.7 Å². The number of fused-ring (bicyclic) bond motifs is 5. The molecule has 5 rings (SSSR count). The summed E-state index contributed by atoms with van der Waals surface area (Å²) in [5, 5.41) is 0. The molecule has 0 atom stereocenters. The highest BCUT2D eigenvalue weighted by atomic mass is 16.2. The van der Waals surface area contributed by atoms with Gasteiger partial charge in [0.1, 0.15) is 0 Å². The number of hydrogen-bond acceptors (Lipinski definition) is 3. The zero-order valence-electron chi connectivity index (χ0n) is 12.0. The van der Waals surface area contributed by atoms with Crippen LogP contribution < -0.4 is 0 Å². The molecule has 2 saturated heterocycles. The van der Waals surface area contributed by atoms with Gasteiger partial charge in [-0.1, -0.05) is 24.3 Å². The number of allylic oxidation sites excluding steroid dienone is 1. The lowest BCUT2D eigenvalue weighted by molar-refractivity contribution is -0.111. The third kappa shape index (κ3) is 2.11. The van der Waals surface area contributed by atoms with E-state index >= 15 is 0 Å². The zero-order chi connectivity index (χ0) is 14.4. The first-order valence-electron chi connectivity index (χ1n) is 7.87. The van der Waals surface area contributed by atoms with E-state index < -0.39 is 0 Å². The summed E-state index contributed by atoms with van der Waals surface area (Å²) < 4.78 is 0. The number of nitrogens with zero attached hydrogens (tertiary/aromatic N) is 1. The van der Waals surface area contributed by atoms with Crippen LogP contribution in [0.5, 0.6) is 0 Å². The van der Waals surface area contributed by atoms with Crippen molar-refractivity contribution in [2.75, 3.05) is 13.1 Å².